The summed E-state index contributed by atoms with van der Waals surface area (Å²) in [5.74, 6) is 0. The predicted molar refractivity (Wildman–Crippen MR) is 99.2 cm³/mol. The van der Waals surface area contributed by atoms with Crippen molar-refractivity contribution in [1.82, 2.24) is 0 Å². The van der Waals surface area contributed by atoms with Gasteiger partial charge in [-0.25, -0.2) is 0 Å². The van der Waals surface area contributed by atoms with Gasteiger partial charge in [0.25, 0.3) is 0 Å². The first-order chi connectivity index (χ1) is 11.9. The Hall–Kier alpha value is -0.240. The highest BCUT2D eigenvalue weighted by atomic mass is 16.6. The van der Waals surface area contributed by atoms with Crippen molar-refractivity contribution in [3.05, 3.63) is 0 Å². The lowest BCUT2D eigenvalue weighted by Crippen LogP contribution is -2.29. The maximum absolute atomic E-state index is 5.77. The summed E-state index contributed by atoms with van der Waals surface area (Å²) in [6.45, 7) is 18.2. The SMILES string of the molecule is CCOCC(C)OCC(C)OCC(C)OCC(C)OCC(C)OCC. The lowest BCUT2D eigenvalue weighted by molar-refractivity contribution is -0.0987. The maximum atomic E-state index is 5.77. The highest BCUT2D eigenvalue weighted by molar-refractivity contribution is 4.57. The molecule has 5 atom stereocenters. The molecule has 0 aliphatic rings. The van der Waals surface area contributed by atoms with Crippen molar-refractivity contribution < 1.29 is 28.4 Å². The topological polar surface area (TPSA) is 55.4 Å². The van der Waals surface area contributed by atoms with Gasteiger partial charge < -0.3 is 28.4 Å². The molecule has 25 heavy (non-hydrogen) atoms. The molecule has 0 radical (unpaired) electrons. The first kappa shape index (κ1) is 24.8. The van der Waals surface area contributed by atoms with Gasteiger partial charge in [-0.05, 0) is 48.5 Å². The third kappa shape index (κ3) is 15.7. The summed E-state index contributed by atoms with van der Waals surface area (Å²) in [6.07, 6.45) is 0.260. The maximum Gasteiger partial charge on any atom is 0.0781 e. The molecule has 0 aliphatic carbocycles. The van der Waals surface area contributed by atoms with Crippen molar-refractivity contribution in [2.24, 2.45) is 0 Å². The Kier molecular flexibility index (Phi) is 15.8. The summed E-state index contributed by atoms with van der Waals surface area (Å²) < 4.78 is 33.7. The Morgan fingerprint density at radius 3 is 1.08 bits per heavy atom. The molecule has 0 aromatic heterocycles. The Labute approximate surface area is 154 Å². The molecule has 0 aromatic carbocycles. The molecule has 0 fully saturated rings. The van der Waals surface area contributed by atoms with Crippen LogP contribution in [-0.2, 0) is 28.4 Å². The highest BCUT2D eigenvalue weighted by Gasteiger charge is 2.12. The van der Waals surface area contributed by atoms with Crippen LogP contribution in [0.4, 0.5) is 0 Å². The molecule has 152 valence electrons. The predicted octanol–water partition coefficient (Wildman–Crippen LogP) is 3.07. The molecule has 0 aromatic rings. The average Bonchev–Trinajstić information content (AvgIpc) is 2.59. The van der Waals surface area contributed by atoms with E-state index in [1.54, 1.807) is 0 Å². The van der Waals surface area contributed by atoms with Crippen molar-refractivity contribution in [1.29, 1.82) is 0 Å². The second-order valence-corrected chi connectivity index (χ2v) is 6.50. The van der Waals surface area contributed by atoms with Crippen molar-refractivity contribution in [2.45, 2.75) is 79.0 Å². The fraction of sp³-hybridized carbons (Fsp3) is 1.00. The number of hydrogen-bond acceptors (Lipinski definition) is 6. The van der Waals surface area contributed by atoms with E-state index in [0.29, 0.717) is 46.2 Å². The first-order valence-corrected chi connectivity index (χ1v) is 9.54. The van der Waals surface area contributed by atoms with E-state index in [4.69, 9.17) is 28.4 Å². The van der Waals surface area contributed by atoms with Crippen LogP contribution in [0.15, 0.2) is 0 Å². The van der Waals surface area contributed by atoms with E-state index in [9.17, 15) is 0 Å². The number of rotatable bonds is 17. The number of hydrogen-bond donors (Lipinski definition) is 0. The second-order valence-electron chi connectivity index (χ2n) is 6.50. The van der Waals surface area contributed by atoms with E-state index >= 15 is 0 Å². The number of ether oxygens (including phenoxy) is 6. The lowest BCUT2D eigenvalue weighted by Gasteiger charge is -2.22. The van der Waals surface area contributed by atoms with E-state index in [2.05, 4.69) is 0 Å². The van der Waals surface area contributed by atoms with Crippen LogP contribution < -0.4 is 0 Å². The van der Waals surface area contributed by atoms with Gasteiger partial charge in [0.1, 0.15) is 0 Å². The van der Waals surface area contributed by atoms with Crippen LogP contribution in [0.2, 0.25) is 0 Å². The van der Waals surface area contributed by atoms with E-state index in [0.717, 1.165) is 0 Å². The normalized spacial score (nSPS) is 17.9. The van der Waals surface area contributed by atoms with E-state index in [1.807, 2.05) is 48.5 Å². The minimum Gasteiger partial charge on any atom is -0.379 e. The molecule has 0 bridgehead atoms. The molecule has 0 aliphatic heterocycles. The summed E-state index contributed by atoms with van der Waals surface area (Å²) in [7, 11) is 0. The zero-order valence-electron chi connectivity index (χ0n) is 17.3. The van der Waals surface area contributed by atoms with Gasteiger partial charge in [0, 0.05) is 13.2 Å². The molecular weight excluding hydrogens is 324 g/mol. The van der Waals surface area contributed by atoms with Gasteiger partial charge in [0.05, 0.1) is 63.6 Å². The fourth-order valence-corrected chi connectivity index (χ4v) is 2.01. The van der Waals surface area contributed by atoms with Crippen molar-refractivity contribution in [2.75, 3.05) is 46.2 Å². The summed E-state index contributed by atoms with van der Waals surface area (Å²) in [5.41, 5.74) is 0. The Morgan fingerprint density at radius 2 is 0.760 bits per heavy atom. The molecule has 0 spiro atoms. The summed E-state index contributed by atoms with van der Waals surface area (Å²) in [5, 5.41) is 0. The van der Waals surface area contributed by atoms with Gasteiger partial charge in [-0.2, -0.15) is 0 Å². The summed E-state index contributed by atoms with van der Waals surface area (Å²) in [6, 6.07) is 0. The Bertz CT molecular complexity index is 289. The molecule has 0 N–H and O–H groups in total. The van der Waals surface area contributed by atoms with Gasteiger partial charge >= 0.3 is 0 Å². The average molecular weight is 365 g/mol. The van der Waals surface area contributed by atoms with Crippen LogP contribution in [0.1, 0.15) is 48.5 Å². The molecule has 0 amide bonds. The third-order valence-corrected chi connectivity index (χ3v) is 3.47. The molecule has 0 heterocycles. The van der Waals surface area contributed by atoms with Gasteiger partial charge in [0.2, 0.25) is 0 Å². The van der Waals surface area contributed by atoms with E-state index < -0.39 is 0 Å². The Morgan fingerprint density at radius 1 is 0.440 bits per heavy atom. The second kappa shape index (κ2) is 16.0. The van der Waals surface area contributed by atoms with Crippen LogP contribution in [0.5, 0.6) is 0 Å². The zero-order valence-corrected chi connectivity index (χ0v) is 17.3. The zero-order chi connectivity index (χ0) is 19.1. The van der Waals surface area contributed by atoms with Gasteiger partial charge in [0.15, 0.2) is 0 Å². The van der Waals surface area contributed by atoms with Gasteiger partial charge in [-0.15, -0.1) is 0 Å². The van der Waals surface area contributed by atoms with Crippen LogP contribution in [0, 0.1) is 0 Å². The largest absolute Gasteiger partial charge is 0.379 e. The van der Waals surface area contributed by atoms with Crippen molar-refractivity contribution in [3.63, 3.8) is 0 Å². The van der Waals surface area contributed by atoms with Crippen LogP contribution >= 0.6 is 0 Å². The summed E-state index contributed by atoms with van der Waals surface area (Å²) >= 11 is 0. The third-order valence-electron chi connectivity index (χ3n) is 3.47. The molecule has 6 nitrogen and oxygen atoms in total. The molecule has 0 saturated carbocycles. The molecule has 5 unspecified atom stereocenters. The smallest absolute Gasteiger partial charge is 0.0781 e. The van der Waals surface area contributed by atoms with Crippen LogP contribution in [0.25, 0.3) is 0 Å². The monoisotopic (exact) mass is 364 g/mol. The minimum absolute atomic E-state index is 0.0127. The van der Waals surface area contributed by atoms with Crippen molar-refractivity contribution in [3.8, 4) is 0 Å². The van der Waals surface area contributed by atoms with Crippen molar-refractivity contribution >= 4 is 0 Å². The molecule has 0 rings (SSSR count). The van der Waals surface area contributed by atoms with E-state index in [1.165, 1.54) is 0 Å². The lowest BCUT2D eigenvalue weighted by atomic mass is 10.3. The Balaban J connectivity index is 3.69. The fourth-order valence-electron chi connectivity index (χ4n) is 2.01. The van der Waals surface area contributed by atoms with Crippen LogP contribution in [-0.4, -0.2) is 76.8 Å². The quantitative estimate of drug-likeness (QED) is 0.395. The molecule has 0 saturated heterocycles. The highest BCUT2D eigenvalue weighted by Crippen LogP contribution is 2.03. The van der Waals surface area contributed by atoms with Crippen LogP contribution in [0.3, 0.4) is 0 Å². The van der Waals surface area contributed by atoms with Gasteiger partial charge in [-0.3, -0.25) is 0 Å². The summed E-state index contributed by atoms with van der Waals surface area (Å²) in [4.78, 5) is 0. The minimum atomic E-state index is 0.0127. The molecular formula is C19H40O6. The van der Waals surface area contributed by atoms with E-state index in [-0.39, 0.29) is 30.5 Å². The van der Waals surface area contributed by atoms with Gasteiger partial charge in [-0.1, -0.05) is 0 Å². The first-order valence-electron chi connectivity index (χ1n) is 9.54. The standard InChI is InChI=1S/C19H40O6/c1-8-20-10-15(3)22-12-17(5)24-14-19(7)25-13-18(6)23-11-16(4)21-9-2/h15-19H,8-14H2,1-7H3. The molecule has 6 heteroatoms.